The summed E-state index contributed by atoms with van der Waals surface area (Å²) in [6, 6.07) is 5.04. The fourth-order valence-electron chi connectivity index (χ4n) is 2.42. The van der Waals surface area contributed by atoms with E-state index < -0.39 is 0 Å². The molecule has 0 spiro atoms. The van der Waals surface area contributed by atoms with Crippen molar-refractivity contribution < 1.29 is 13.9 Å². The van der Waals surface area contributed by atoms with Gasteiger partial charge in [-0.25, -0.2) is 9.07 Å². The number of rotatable bonds is 4. The van der Waals surface area contributed by atoms with E-state index in [1.807, 2.05) is 12.1 Å². The molecule has 0 unspecified atom stereocenters. The van der Waals surface area contributed by atoms with Gasteiger partial charge in [-0.3, -0.25) is 0 Å². The Hall–Kier alpha value is -2.32. The fourth-order valence-corrected chi connectivity index (χ4v) is 2.49. The Balaban J connectivity index is 1.76. The first-order valence-corrected chi connectivity index (χ1v) is 7.88. The molecule has 2 aromatic rings. The van der Waals surface area contributed by atoms with Gasteiger partial charge in [0, 0.05) is 11.6 Å². The number of ether oxygens (including phenoxy) is 2. The highest BCUT2D eigenvalue weighted by molar-refractivity contribution is 7.80. The highest BCUT2D eigenvalue weighted by Gasteiger charge is 2.13. The van der Waals surface area contributed by atoms with Crippen LogP contribution in [-0.2, 0) is 16.0 Å². The highest BCUT2D eigenvalue weighted by atomic mass is 32.1. The molecule has 1 aliphatic rings. The van der Waals surface area contributed by atoms with Gasteiger partial charge in [0.05, 0.1) is 38.8 Å². The minimum absolute atomic E-state index is 0.281. The van der Waals surface area contributed by atoms with Crippen molar-refractivity contribution in [3.05, 3.63) is 47.5 Å². The molecule has 0 saturated heterocycles. The molecule has 1 N–H and O–H groups in total. The van der Waals surface area contributed by atoms with E-state index in [1.54, 1.807) is 12.3 Å². The summed E-state index contributed by atoms with van der Waals surface area (Å²) in [5.41, 5.74) is 2.86. The fraction of sp³-hybridized carbons (Fsp3) is 0.312. The van der Waals surface area contributed by atoms with Crippen molar-refractivity contribution >= 4 is 23.0 Å². The lowest BCUT2D eigenvalue weighted by molar-refractivity contribution is 0.161. The third-order valence-corrected chi connectivity index (χ3v) is 3.98. The Kier molecular flexibility index (Phi) is 5.17. The second-order valence-corrected chi connectivity index (χ2v) is 5.59. The Labute approximate surface area is 144 Å². The van der Waals surface area contributed by atoms with E-state index in [9.17, 15) is 4.39 Å². The first kappa shape index (κ1) is 16.5. The summed E-state index contributed by atoms with van der Waals surface area (Å²) >= 11 is 4.90. The minimum atomic E-state index is -0.281. The molecule has 1 aliphatic heterocycles. The van der Waals surface area contributed by atoms with E-state index in [0.29, 0.717) is 36.7 Å². The van der Waals surface area contributed by atoms with Crippen LogP contribution in [0.1, 0.15) is 17.7 Å². The number of halogens is 1. The van der Waals surface area contributed by atoms with Crippen LogP contribution in [0.4, 0.5) is 4.39 Å². The largest absolute Gasteiger partial charge is 0.474 e. The van der Waals surface area contributed by atoms with Crippen molar-refractivity contribution in [2.45, 2.75) is 13.0 Å². The van der Waals surface area contributed by atoms with Gasteiger partial charge >= 0.3 is 0 Å². The molecule has 1 aromatic heterocycles. The zero-order valence-electron chi connectivity index (χ0n) is 13.2. The molecule has 0 radical (unpaired) electrons. The molecule has 0 aliphatic carbocycles. The number of methoxy groups -OCH3 is 1. The van der Waals surface area contributed by atoms with Crippen molar-refractivity contribution in [1.29, 1.82) is 0 Å². The number of aromatic nitrogens is 3. The zero-order valence-corrected chi connectivity index (χ0v) is 14.0. The van der Waals surface area contributed by atoms with Crippen molar-refractivity contribution in [2.75, 3.05) is 20.3 Å². The van der Waals surface area contributed by atoms with E-state index in [4.69, 9.17) is 21.7 Å². The van der Waals surface area contributed by atoms with Crippen LogP contribution in [0.3, 0.4) is 0 Å². The molecule has 2 heterocycles. The topological polar surface area (TPSA) is 61.2 Å². The molecule has 3 rings (SSSR count). The average molecular weight is 348 g/mol. The summed E-state index contributed by atoms with van der Waals surface area (Å²) in [7, 11) is 1.49. The normalized spacial score (nSPS) is 14.2. The Bertz CT molecular complexity index is 775. The molecule has 0 bridgehead atoms. The van der Waals surface area contributed by atoms with Gasteiger partial charge in [0.1, 0.15) is 11.5 Å². The highest BCUT2D eigenvalue weighted by Crippen LogP contribution is 2.25. The van der Waals surface area contributed by atoms with Gasteiger partial charge < -0.3 is 14.8 Å². The lowest BCUT2D eigenvalue weighted by Crippen LogP contribution is -2.22. The lowest BCUT2D eigenvalue weighted by Gasteiger charge is -2.14. The summed E-state index contributed by atoms with van der Waals surface area (Å²) in [5, 5.41) is 11.2. The summed E-state index contributed by atoms with van der Waals surface area (Å²) in [6.45, 7) is 1.54. The maximum absolute atomic E-state index is 14.4. The van der Waals surface area contributed by atoms with Gasteiger partial charge in [0.15, 0.2) is 0 Å². The van der Waals surface area contributed by atoms with Crippen LogP contribution in [0.15, 0.2) is 30.5 Å². The SMILES string of the molecule is COC(=S)NCc1cn(-c2ccc(C3=CCOCC3)c(F)c2)nn1. The number of nitrogens with one attached hydrogen (secondary N) is 1. The number of thiocarbonyl (C=S) groups is 1. The third kappa shape index (κ3) is 3.77. The molecular weight excluding hydrogens is 331 g/mol. The van der Waals surface area contributed by atoms with E-state index >= 15 is 0 Å². The van der Waals surface area contributed by atoms with Gasteiger partial charge in [-0.15, -0.1) is 5.10 Å². The van der Waals surface area contributed by atoms with Crippen LogP contribution >= 0.6 is 12.2 Å². The molecular formula is C16H17FN4O2S. The molecule has 0 amide bonds. The first-order chi connectivity index (χ1) is 11.7. The first-order valence-electron chi connectivity index (χ1n) is 7.47. The zero-order chi connectivity index (χ0) is 16.9. The molecule has 8 heteroatoms. The van der Waals surface area contributed by atoms with Crippen LogP contribution in [-0.4, -0.2) is 40.5 Å². The van der Waals surface area contributed by atoms with Gasteiger partial charge in [0.25, 0.3) is 5.17 Å². The summed E-state index contributed by atoms with van der Waals surface area (Å²) in [4.78, 5) is 0. The molecule has 1 aromatic carbocycles. The molecule has 24 heavy (non-hydrogen) atoms. The number of hydrogen-bond donors (Lipinski definition) is 1. The standard InChI is InChI=1S/C16H17FN4O2S/c1-22-16(24)18-9-12-10-21(20-19-12)13-2-3-14(15(17)8-13)11-4-6-23-7-5-11/h2-4,8,10H,5-7,9H2,1H3,(H,18,24). The predicted molar refractivity (Wildman–Crippen MR) is 91.2 cm³/mol. The van der Waals surface area contributed by atoms with Crippen molar-refractivity contribution in [2.24, 2.45) is 0 Å². The molecule has 126 valence electrons. The van der Waals surface area contributed by atoms with E-state index in [-0.39, 0.29) is 11.0 Å². The van der Waals surface area contributed by atoms with Crippen LogP contribution in [0.2, 0.25) is 0 Å². The Morgan fingerprint density at radius 3 is 3.08 bits per heavy atom. The summed E-state index contributed by atoms with van der Waals surface area (Å²) in [6.07, 6.45) is 4.35. The maximum atomic E-state index is 14.4. The van der Waals surface area contributed by atoms with E-state index in [0.717, 1.165) is 12.0 Å². The van der Waals surface area contributed by atoms with E-state index in [2.05, 4.69) is 15.6 Å². The number of benzene rings is 1. The number of nitrogens with zero attached hydrogens (tertiary/aromatic N) is 3. The number of hydrogen-bond acceptors (Lipinski definition) is 5. The van der Waals surface area contributed by atoms with Crippen molar-refractivity contribution in [1.82, 2.24) is 20.3 Å². The minimum Gasteiger partial charge on any atom is -0.474 e. The van der Waals surface area contributed by atoms with Crippen LogP contribution in [0, 0.1) is 5.82 Å². The second kappa shape index (κ2) is 7.50. The van der Waals surface area contributed by atoms with Crippen molar-refractivity contribution in [3.8, 4) is 5.69 Å². The monoisotopic (exact) mass is 348 g/mol. The smallest absolute Gasteiger partial charge is 0.256 e. The lowest BCUT2D eigenvalue weighted by atomic mass is 10.0. The molecule has 0 saturated carbocycles. The average Bonchev–Trinajstić information content (AvgIpc) is 3.09. The van der Waals surface area contributed by atoms with Crippen LogP contribution in [0.5, 0.6) is 0 Å². The molecule has 0 fully saturated rings. The maximum Gasteiger partial charge on any atom is 0.256 e. The second-order valence-electron chi connectivity index (χ2n) is 5.22. The van der Waals surface area contributed by atoms with Gasteiger partial charge in [0.2, 0.25) is 0 Å². The van der Waals surface area contributed by atoms with Gasteiger partial charge in [-0.2, -0.15) is 0 Å². The molecule has 0 atom stereocenters. The van der Waals surface area contributed by atoms with Gasteiger partial charge in [-0.1, -0.05) is 11.3 Å². The quantitative estimate of drug-likeness (QED) is 0.855. The third-order valence-electron chi connectivity index (χ3n) is 3.67. The van der Waals surface area contributed by atoms with E-state index in [1.165, 1.54) is 17.9 Å². The molecule has 6 nitrogen and oxygen atoms in total. The summed E-state index contributed by atoms with van der Waals surface area (Å²) < 4.78 is 26.1. The Morgan fingerprint density at radius 2 is 2.38 bits per heavy atom. The van der Waals surface area contributed by atoms with Crippen molar-refractivity contribution in [3.63, 3.8) is 0 Å². The Morgan fingerprint density at radius 1 is 1.50 bits per heavy atom. The predicted octanol–water partition coefficient (Wildman–Crippen LogP) is 2.23. The summed E-state index contributed by atoms with van der Waals surface area (Å²) in [5.74, 6) is -0.281. The van der Waals surface area contributed by atoms with Crippen LogP contribution < -0.4 is 5.32 Å². The van der Waals surface area contributed by atoms with Gasteiger partial charge in [-0.05, 0) is 36.3 Å². The van der Waals surface area contributed by atoms with Crippen LogP contribution in [0.25, 0.3) is 11.3 Å².